The first-order valence-electron chi connectivity index (χ1n) is 9.95. The third kappa shape index (κ3) is 21.9. The normalized spacial score (nSPS) is 11.1. The first kappa shape index (κ1) is 22.9. The average molecular weight is 329 g/mol. The van der Waals surface area contributed by atoms with Crippen molar-refractivity contribution in [2.75, 3.05) is 13.3 Å². The molecular formula is C18H40BNO3. The van der Waals surface area contributed by atoms with E-state index in [-0.39, 0.29) is 6.73 Å². The van der Waals surface area contributed by atoms with Crippen LogP contribution in [0.1, 0.15) is 103 Å². The van der Waals surface area contributed by atoms with E-state index in [0.717, 1.165) is 13.0 Å². The van der Waals surface area contributed by atoms with Crippen LogP contribution in [0.25, 0.3) is 0 Å². The summed E-state index contributed by atoms with van der Waals surface area (Å²) < 4.78 is 4.57. The van der Waals surface area contributed by atoms with E-state index >= 15 is 0 Å². The van der Waals surface area contributed by atoms with Crippen LogP contribution >= 0.6 is 0 Å². The molecule has 0 aliphatic heterocycles. The molecular weight excluding hydrogens is 289 g/mol. The van der Waals surface area contributed by atoms with Crippen molar-refractivity contribution in [2.45, 2.75) is 103 Å². The fraction of sp³-hybridized carbons (Fsp3) is 1.00. The van der Waals surface area contributed by atoms with Crippen LogP contribution in [-0.2, 0) is 4.65 Å². The molecule has 0 saturated carbocycles. The topological polar surface area (TPSA) is 61.7 Å². The van der Waals surface area contributed by atoms with Crippen LogP contribution in [0, 0.1) is 0 Å². The third-order valence-corrected chi connectivity index (χ3v) is 4.29. The predicted octanol–water partition coefficient (Wildman–Crippen LogP) is 4.39. The van der Waals surface area contributed by atoms with Crippen LogP contribution in [0.15, 0.2) is 0 Å². The molecule has 0 bridgehead atoms. The molecule has 0 aliphatic rings. The van der Waals surface area contributed by atoms with Gasteiger partial charge in [-0.05, 0) is 13.0 Å². The van der Waals surface area contributed by atoms with Crippen molar-refractivity contribution in [1.82, 2.24) is 5.32 Å². The molecule has 0 rings (SSSR count). The van der Waals surface area contributed by atoms with Gasteiger partial charge in [0.05, 0.1) is 6.73 Å². The molecule has 0 spiro atoms. The zero-order chi connectivity index (χ0) is 17.0. The number of rotatable bonds is 19. The molecule has 0 heterocycles. The van der Waals surface area contributed by atoms with E-state index < -0.39 is 7.32 Å². The van der Waals surface area contributed by atoms with Gasteiger partial charge in [0.15, 0.2) is 0 Å². The van der Waals surface area contributed by atoms with Crippen molar-refractivity contribution in [3.63, 3.8) is 0 Å². The molecule has 0 saturated heterocycles. The van der Waals surface area contributed by atoms with Gasteiger partial charge in [0.1, 0.15) is 0 Å². The lowest BCUT2D eigenvalue weighted by molar-refractivity contribution is 0.171. The molecule has 0 fully saturated rings. The Morgan fingerprint density at radius 1 is 0.652 bits per heavy atom. The minimum absolute atomic E-state index is 0.205. The molecule has 0 aromatic rings. The minimum atomic E-state index is -1.66. The SMILES string of the molecule is CCCCCCCCCCCCCCCCCNCOB(O)O. The smallest absolute Gasteiger partial charge is 0.402 e. The van der Waals surface area contributed by atoms with Crippen LogP contribution in [-0.4, -0.2) is 30.6 Å². The predicted molar refractivity (Wildman–Crippen MR) is 99.1 cm³/mol. The fourth-order valence-electron chi connectivity index (χ4n) is 2.83. The summed E-state index contributed by atoms with van der Waals surface area (Å²) in [5.41, 5.74) is 0. The molecule has 0 radical (unpaired) electrons. The van der Waals surface area contributed by atoms with Gasteiger partial charge in [-0.3, -0.25) is 5.32 Å². The molecule has 0 amide bonds. The Labute approximate surface area is 144 Å². The maximum absolute atomic E-state index is 8.48. The fourth-order valence-corrected chi connectivity index (χ4v) is 2.83. The summed E-state index contributed by atoms with van der Waals surface area (Å²) in [5.74, 6) is 0. The largest absolute Gasteiger partial charge is 0.634 e. The molecule has 0 aliphatic carbocycles. The Morgan fingerprint density at radius 2 is 1.04 bits per heavy atom. The molecule has 4 nitrogen and oxygen atoms in total. The van der Waals surface area contributed by atoms with E-state index in [1.54, 1.807) is 0 Å². The standard InChI is InChI=1S/C18H40BNO3/c1-2-3-4-5-6-7-8-9-10-11-12-13-14-15-16-17-20-18-23-19(21)22/h20-22H,2-18H2,1H3. The second-order valence-corrected chi connectivity index (χ2v) is 6.59. The summed E-state index contributed by atoms with van der Waals surface area (Å²) >= 11 is 0. The first-order chi connectivity index (χ1) is 11.3. The monoisotopic (exact) mass is 329 g/mol. The third-order valence-electron chi connectivity index (χ3n) is 4.29. The molecule has 138 valence electrons. The number of nitrogens with one attached hydrogen (secondary N) is 1. The molecule has 0 unspecified atom stereocenters. The lowest BCUT2D eigenvalue weighted by atomic mass is 10.0. The summed E-state index contributed by atoms with van der Waals surface area (Å²) in [4.78, 5) is 0. The lowest BCUT2D eigenvalue weighted by Crippen LogP contribution is -2.26. The molecule has 0 aromatic heterocycles. The van der Waals surface area contributed by atoms with Gasteiger partial charge >= 0.3 is 7.32 Å². The molecule has 5 heteroatoms. The van der Waals surface area contributed by atoms with Crippen molar-refractivity contribution in [3.05, 3.63) is 0 Å². The Morgan fingerprint density at radius 3 is 1.43 bits per heavy atom. The van der Waals surface area contributed by atoms with E-state index in [0.29, 0.717) is 0 Å². The summed E-state index contributed by atoms with van der Waals surface area (Å²) in [5, 5.41) is 20.0. The van der Waals surface area contributed by atoms with E-state index in [2.05, 4.69) is 16.9 Å². The van der Waals surface area contributed by atoms with Crippen molar-refractivity contribution in [3.8, 4) is 0 Å². The van der Waals surface area contributed by atoms with E-state index in [9.17, 15) is 0 Å². The Balaban J connectivity index is 2.95. The highest BCUT2D eigenvalue weighted by atomic mass is 16.6. The number of unbranched alkanes of at least 4 members (excludes halogenated alkanes) is 14. The van der Waals surface area contributed by atoms with Gasteiger partial charge in [0, 0.05) is 0 Å². The van der Waals surface area contributed by atoms with Crippen molar-refractivity contribution >= 4 is 7.32 Å². The molecule has 0 atom stereocenters. The van der Waals surface area contributed by atoms with Crippen LogP contribution in [0.5, 0.6) is 0 Å². The first-order valence-corrected chi connectivity index (χ1v) is 9.95. The Bertz CT molecular complexity index is 218. The number of hydrogen-bond acceptors (Lipinski definition) is 4. The van der Waals surface area contributed by atoms with E-state index in [4.69, 9.17) is 10.0 Å². The highest BCUT2D eigenvalue weighted by molar-refractivity contribution is 6.32. The lowest BCUT2D eigenvalue weighted by Gasteiger charge is -2.05. The van der Waals surface area contributed by atoms with Gasteiger partial charge < -0.3 is 14.7 Å². The van der Waals surface area contributed by atoms with Gasteiger partial charge in [-0.25, -0.2) is 0 Å². The van der Waals surface area contributed by atoms with Crippen LogP contribution in [0.4, 0.5) is 0 Å². The van der Waals surface area contributed by atoms with Gasteiger partial charge in [-0.1, -0.05) is 96.8 Å². The molecule has 23 heavy (non-hydrogen) atoms. The molecule has 3 N–H and O–H groups in total. The highest BCUT2D eigenvalue weighted by Crippen LogP contribution is 2.13. The second-order valence-electron chi connectivity index (χ2n) is 6.59. The van der Waals surface area contributed by atoms with Crippen molar-refractivity contribution < 1.29 is 14.7 Å². The zero-order valence-corrected chi connectivity index (χ0v) is 15.4. The van der Waals surface area contributed by atoms with Gasteiger partial charge in [0.25, 0.3) is 0 Å². The maximum Gasteiger partial charge on any atom is 0.634 e. The van der Waals surface area contributed by atoms with E-state index in [1.165, 1.54) is 89.9 Å². The number of hydrogen-bond donors (Lipinski definition) is 3. The summed E-state index contributed by atoms with van der Waals surface area (Å²) in [6.07, 6.45) is 20.6. The Kier molecular flexibility index (Phi) is 19.9. The maximum atomic E-state index is 8.48. The summed E-state index contributed by atoms with van der Waals surface area (Å²) in [7, 11) is -1.66. The van der Waals surface area contributed by atoms with Crippen LogP contribution in [0.2, 0.25) is 0 Å². The minimum Gasteiger partial charge on any atom is -0.402 e. The van der Waals surface area contributed by atoms with Crippen molar-refractivity contribution in [1.29, 1.82) is 0 Å². The molecule has 0 aromatic carbocycles. The average Bonchev–Trinajstić information content (AvgIpc) is 2.53. The zero-order valence-electron chi connectivity index (χ0n) is 15.4. The van der Waals surface area contributed by atoms with Crippen molar-refractivity contribution in [2.24, 2.45) is 0 Å². The second kappa shape index (κ2) is 20.0. The summed E-state index contributed by atoms with van der Waals surface area (Å²) in [6, 6.07) is 0. The van der Waals surface area contributed by atoms with Gasteiger partial charge in [-0.2, -0.15) is 0 Å². The van der Waals surface area contributed by atoms with Crippen LogP contribution in [0.3, 0.4) is 0 Å². The summed E-state index contributed by atoms with van der Waals surface area (Å²) in [6.45, 7) is 3.36. The van der Waals surface area contributed by atoms with Gasteiger partial charge in [-0.15, -0.1) is 0 Å². The highest BCUT2D eigenvalue weighted by Gasteiger charge is 2.05. The van der Waals surface area contributed by atoms with E-state index in [1.807, 2.05) is 0 Å². The quantitative estimate of drug-likeness (QED) is 0.187. The van der Waals surface area contributed by atoms with Crippen LogP contribution < -0.4 is 5.32 Å². The Hall–Kier alpha value is -0.0951. The van der Waals surface area contributed by atoms with Gasteiger partial charge in [0.2, 0.25) is 0 Å².